The summed E-state index contributed by atoms with van der Waals surface area (Å²) in [7, 11) is 0. The van der Waals surface area contributed by atoms with Crippen LogP contribution in [0.25, 0.3) is 0 Å². The van der Waals surface area contributed by atoms with Crippen LogP contribution in [0.4, 0.5) is 5.69 Å². The Morgan fingerprint density at radius 1 is 1.00 bits per heavy atom. The molecule has 0 radical (unpaired) electrons. The van der Waals surface area contributed by atoms with E-state index in [1.165, 1.54) is 5.56 Å². The third-order valence-corrected chi connectivity index (χ3v) is 7.29. The molecule has 1 aliphatic heterocycles. The second-order valence-electron chi connectivity index (χ2n) is 8.54. The highest BCUT2D eigenvalue weighted by atomic mass is 32.2. The second kappa shape index (κ2) is 11.0. The zero-order valence-electron chi connectivity index (χ0n) is 19.6. The summed E-state index contributed by atoms with van der Waals surface area (Å²) in [4.78, 5) is 8.01. The van der Waals surface area contributed by atoms with Crippen LogP contribution >= 0.6 is 24.0 Å². The predicted molar refractivity (Wildman–Crippen MR) is 146 cm³/mol. The minimum absolute atomic E-state index is 0.0681. The molecule has 0 spiro atoms. The van der Waals surface area contributed by atoms with Gasteiger partial charge in [-0.25, -0.2) is 0 Å². The highest BCUT2D eigenvalue weighted by Gasteiger charge is 2.41. The third-order valence-electron chi connectivity index (χ3n) is 6.01. The number of rotatable bonds is 9. The van der Waals surface area contributed by atoms with Crippen LogP contribution in [-0.2, 0) is 0 Å². The summed E-state index contributed by atoms with van der Waals surface area (Å²) in [6, 6.07) is 28.7. The minimum atomic E-state index is -0.0749. The fraction of sp³-hybridized carbons (Fsp3) is 0.214. The molecule has 3 heterocycles. The van der Waals surface area contributed by atoms with Crippen molar-refractivity contribution >= 4 is 34.8 Å². The number of benzene rings is 2. The van der Waals surface area contributed by atoms with Crippen molar-refractivity contribution in [3.8, 4) is 0 Å². The Morgan fingerprint density at radius 3 is 2.57 bits per heavy atom. The second-order valence-corrected chi connectivity index (χ2v) is 10.0. The largest absolute Gasteiger partial charge is 0.452 e. The third kappa shape index (κ3) is 5.69. The van der Waals surface area contributed by atoms with Crippen molar-refractivity contribution in [2.24, 2.45) is 0 Å². The molecule has 5 rings (SSSR count). The number of para-hydroxylation sites is 1. The Balaban J connectivity index is 1.33. The number of nitrogens with one attached hydrogen (secondary N) is 2. The van der Waals surface area contributed by atoms with E-state index in [4.69, 9.17) is 16.6 Å². The standard InChI is InChI=1S/C28H28N4OS2/c1-20-11-13-22(14-12-20)35-25-16-15-24(33-25)27-26(23-10-5-6-17-30-23)31-28(34)32(27)19-7-18-29-21-8-3-2-4-9-21/h2-6,8-17,26-27,29H,7,18-19H2,1H3,(H,31,34). The monoisotopic (exact) mass is 500 g/mol. The van der Waals surface area contributed by atoms with Gasteiger partial charge in [0.1, 0.15) is 11.8 Å². The molecule has 2 unspecified atom stereocenters. The van der Waals surface area contributed by atoms with Crippen molar-refractivity contribution in [2.45, 2.75) is 35.4 Å². The van der Waals surface area contributed by atoms with E-state index in [0.29, 0.717) is 0 Å². The number of aryl methyl sites for hydroxylation is 1. The van der Waals surface area contributed by atoms with Crippen LogP contribution < -0.4 is 10.6 Å². The maximum Gasteiger partial charge on any atom is 0.170 e. The van der Waals surface area contributed by atoms with Gasteiger partial charge >= 0.3 is 0 Å². The molecule has 0 amide bonds. The molecule has 4 aromatic rings. The molecule has 1 fully saturated rings. The highest BCUT2D eigenvalue weighted by Crippen LogP contribution is 2.41. The smallest absolute Gasteiger partial charge is 0.170 e. The molecule has 2 N–H and O–H groups in total. The molecular formula is C28H28N4OS2. The average molecular weight is 501 g/mol. The van der Waals surface area contributed by atoms with Gasteiger partial charge in [-0.05, 0) is 74.1 Å². The van der Waals surface area contributed by atoms with Crippen molar-refractivity contribution < 1.29 is 4.42 Å². The van der Waals surface area contributed by atoms with E-state index < -0.39 is 0 Å². The maximum atomic E-state index is 6.39. The van der Waals surface area contributed by atoms with Gasteiger partial charge in [-0.15, -0.1) is 0 Å². The van der Waals surface area contributed by atoms with Crippen LogP contribution in [0.2, 0.25) is 0 Å². The van der Waals surface area contributed by atoms with Crippen molar-refractivity contribution in [2.75, 3.05) is 18.4 Å². The topological polar surface area (TPSA) is 53.3 Å². The van der Waals surface area contributed by atoms with Crippen molar-refractivity contribution in [1.29, 1.82) is 0 Å². The molecule has 1 aliphatic rings. The first-order valence-electron chi connectivity index (χ1n) is 11.8. The molecule has 0 saturated carbocycles. The molecule has 2 atom stereocenters. The Morgan fingerprint density at radius 2 is 1.80 bits per heavy atom. The van der Waals surface area contributed by atoms with E-state index in [-0.39, 0.29) is 12.1 Å². The Labute approximate surface area is 216 Å². The quantitative estimate of drug-likeness (QED) is 0.198. The van der Waals surface area contributed by atoms with Crippen LogP contribution in [0.1, 0.15) is 35.5 Å². The molecule has 2 aromatic carbocycles. The highest BCUT2D eigenvalue weighted by molar-refractivity contribution is 7.99. The lowest BCUT2D eigenvalue weighted by atomic mass is 10.0. The molecule has 0 aliphatic carbocycles. The first-order valence-corrected chi connectivity index (χ1v) is 13.0. The number of aromatic nitrogens is 1. The number of thiocarbonyl (C=S) groups is 1. The van der Waals surface area contributed by atoms with Gasteiger partial charge in [-0.3, -0.25) is 4.98 Å². The number of nitrogens with zero attached hydrogens (tertiary/aromatic N) is 2. The molecular weight excluding hydrogens is 472 g/mol. The van der Waals surface area contributed by atoms with E-state index in [0.717, 1.165) is 51.8 Å². The summed E-state index contributed by atoms with van der Waals surface area (Å²) in [6.45, 7) is 3.76. The number of anilines is 1. The van der Waals surface area contributed by atoms with Gasteiger partial charge < -0.3 is 20.0 Å². The van der Waals surface area contributed by atoms with Crippen molar-refractivity contribution in [3.63, 3.8) is 0 Å². The van der Waals surface area contributed by atoms with Crippen LogP contribution in [0.3, 0.4) is 0 Å². The summed E-state index contributed by atoms with van der Waals surface area (Å²) in [6.07, 6.45) is 2.76. The number of furan rings is 1. The first kappa shape index (κ1) is 23.5. The van der Waals surface area contributed by atoms with Crippen molar-refractivity contribution in [1.82, 2.24) is 15.2 Å². The lowest BCUT2D eigenvalue weighted by Gasteiger charge is -2.26. The van der Waals surface area contributed by atoms with Gasteiger partial charge in [0.2, 0.25) is 0 Å². The number of hydrogen-bond donors (Lipinski definition) is 2. The summed E-state index contributed by atoms with van der Waals surface area (Å²) >= 11 is 7.41. The van der Waals surface area contributed by atoms with E-state index in [9.17, 15) is 0 Å². The summed E-state index contributed by atoms with van der Waals surface area (Å²) in [5.74, 6) is 0.888. The van der Waals surface area contributed by atoms with Crippen LogP contribution in [0.15, 0.2) is 106 Å². The Bertz CT molecular complexity index is 1240. The van der Waals surface area contributed by atoms with Gasteiger partial charge in [-0.2, -0.15) is 0 Å². The minimum Gasteiger partial charge on any atom is -0.452 e. The van der Waals surface area contributed by atoms with Gasteiger partial charge in [-0.1, -0.05) is 53.7 Å². The van der Waals surface area contributed by atoms with Crippen LogP contribution in [-0.4, -0.2) is 28.1 Å². The lowest BCUT2D eigenvalue weighted by Crippen LogP contribution is -2.31. The fourth-order valence-corrected chi connectivity index (χ4v) is 5.37. The normalized spacial score (nSPS) is 17.4. The van der Waals surface area contributed by atoms with Gasteiger partial charge in [0.05, 0.1) is 11.7 Å². The van der Waals surface area contributed by atoms with Gasteiger partial charge in [0.25, 0.3) is 0 Å². The molecule has 35 heavy (non-hydrogen) atoms. The van der Waals surface area contributed by atoms with Crippen molar-refractivity contribution in [3.05, 3.63) is 108 Å². The van der Waals surface area contributed by atoms with E-state index in [1.807, 2.05) is 48.7 Å². The molecule has 7 heteroatoms. The van der Waals surface area contributed by atoms with Gasteiger partial charge in [0, 0.05) is 29.9 Å². The molecule has 1 saturated heterocycles. The fourth-order valence-electron chi connectivity index (χ4n) is 4.26. The first-order chi connectivity index (χ1) is 17.2. The van der Waals surface area contributed by atoms with E-state index >= 15 is 0 Å². The zero-order chi connectivity index (χ0) is 24.0. The predicted octanol–water partition coefficient (Wildman–Crippen LogP) is 6.61. The molecule has 178 valence electrons. The molecule has 2 aromatic heterocycles. The molecule has 5 nitrogen and oxygen atoms in total. The van der Waals surface area contributed by atoms with Crippen LogP contribution in [0.5, 0.6) is 0 Å². The summed E-state index contributed by atoms with van der Waals surface area (Å²) < 4.78 is 6.39. The Hall–Kier alpha value is -3.29. The maximum absolute atomic E-state index is 6.39. The SMILES string of the molecule is Cc1ccc(Sc2ccc(C3C(c4ccccn4)NC(=S)N3CCCNc3ccccc3)o2)cc1. The zero-order valence-corrected chi connectivity index (χ0v) is 21.2. The van der Waals surface area contributed by atoms with Crippen LogP contribution in [0, 0.1) is 6.92 Å². The van der Waals surface area contributed by atoms with Gasteiger partial charge in [0.15, 0.2) is 10.2 Å². The number of hydrogen-bond acceptors (Lipinski definition) is 5. The summed E-state index contributed by atoms with van der Waals surface area (Å²) in [5.41, 5.74) is 3.32. The summed E-state index contributed by atoms with van der Waals surface area (Å²) in [5, 5.41) is 8.59. The number of pyridine rings is 1. The average Bonchev–Trinajstić information content (AvgIpc) is 3.48. The lowest BCUT2D eigenvalue weighted by molar-refractivity contribution is 0.259. The molecule has 0 bridgehead atoms. The Kier molecular flexibility index (Phi) is 7.35. The van der Waals surface area contributed by atoms with E-state index in [1.54, 1.807) is 11.8 Å². The van der Waals surface area contributed by atoms with E-state index in [2.05, 4.69) is 69.9 Å².